The Labute approximate surface area is 193 Å². The van der Waals surface area contributed by atoms with Crippen LogP contribution in [0, 0.1) is 17.7 Å². The molecule has 2 aromatic carbocycles. The first-order valence-electron chi connectivity index (χ1n) is 12.2. The number of isothiocyanates is 1. The van der Waals surface area contributed by atoms with Crippen LogP contribution in [-0.2, 0) is 6.42 Å². The lowest BCUT2D eigenvalue weighted by molar-refractivity contribution is 0.248. The van der Waals surface area contributed by atoms with Gasteiger partial charge in [-0.15, -0.1) is 0 Å². The summed E-state index contributed by atoms with van der Waals surface area (Å²) in [5, 5.41) is 2.36. The smallest absolute Gasteiger partial charge is 0.131 e. The molecule has 2 aromatic rings. The van der Waals surface area contributed by atoms with Gasteiger partial charge in [0.2, 0.25) is 0 Å². The van der Waals surface area contributed by atoms with E-state index in [-0.39, 0.29) is 5.82 Å². The number of nitrogens with zero attached hydrogens (tertiary/aromatic N) is 1. The highest BCUT2D eigenvalue weighted by Gasteiger charge is 2.20. The first-order chi connectivity index (χ1) is 15.2. The predicted molar refractivity (Wildman–Crippen MR) is 134 cm³/mol. The number of rotatable bonds is 11. The molecule has 1 aliphatic carbocycles. The average molecular weight is 438 g/mol. The Morgan fingerprint density at radius 3 is 2.23 bits per heavy atom. The molecule has 1 saturated carbocycles. The Hall–Kier alpha value is -1.83. The lowest BCUT2D eigenvalue weighted by Crippen LogP contribution is -2.15. The third-order valence-corrected chi connectivity index (χ3v) is 7.00. The lowest BCUT2D eigenvalue weighted by atomic mass is 9.77. The van der Waals surface area contributed by atoms with E-state index in [9.17, 15) is 4.39 Å². The molecule has 0 heterocycles. The monoisotopic (exact) mass is 437 g/mol. The molecular formula is C28H36FNS. The molecule has 3 rings (SSSR count). The number of hydrogen-bond acceptors (Lipinski definition) is 2. The van der Waals surface area contributed by atoms with Crippen LogP contribution in [-0.4, -0.2) is 5.16 Å². The molecule has 1 nitrogen and oxygen atoms in total. The normalized spacial score (nSPS) is 18.5. The Morgan fingerprint density at radius 2 is 1.58 bits per heavy atom. The molecule has 0 N–H and O–H groups in total. The lowest BCUT2D eigenvalue weighted by Gasteiger charge is -2.28. The Bertz CT molecular complexity index is 846. The maximum atomic E-state index is 14.7. The number of unbranched alkanes of at least 4 members (excludes halogenated alkanes) is 4. The summed E-state index contributed by atoms with van der Waals surface area (Å²) in [5.74, 6) is 1.62. The summed E-state index contributed by atoms with van der Waals surface area (Å²) in [5.41, 5.74) is 3.35. The van der Waals surface area contributed by atoms with Gasteiger partial charge >= 0.3 is 0 Å². The third-order valence-electron chi connectivity index (χ3n) is 6.91. The molecule has 0 amide bonds. The SMILES string of the molecule is CCCCCCCC1CCC(CCc2ccc(-c3ccc(N=C=S)cc3)c(F)c2)CC1. The van der Waals surface area contributed by atoms with Gasteiger partial charge in [0.15, 0.2) is 0 Å². The van der Waals surface area contributed by atoms with Gasteiger partial charge in [0, 0.05) is 5.56 Å². The molecule has 166 valence electrons. The maximum absolute atomic E-state index is 14.7. The number of thiocarbonyl (C=S) groups is 1. The highest BCUT2D eigenvalue weighted by molar-refractivity contribution is 7.78. The van der Waals surface area contributed by atoms with Crippen LogP contribution in [0.1, 0.15) is 83.1 Å². The van der Waals surface area contributed by atoms with Crippen LogP contribution in [0.2, 0.25) is 0 Å². The van der Waals surface area contributed by atoms with E-state index in [2.05, 4.69) is 35.4 Å². The number of halogens is 1. The second kappa shape index (κ2) is 12.9. The molecule has 0 radical (unpaired) electrons. The zero-order valence-electron chi connectivity index (χ0n) is 18.9. The van der Waals surface area contributed by atoms with E-state index in [1.54, 1.807) is 6.07 Å². The van der Waals surface area contributed by atoms with E-state index in [0.29, 0.717) is 5.56 Å². The standard InChI is InChI=1S/C28H36FNS/c1-2-3-4-5-6-7-22-8-10-23(11-9-22)12-13-24-14-19-27(28(29)20-24)25-15-17-26(18-16-25)30-21-31/h14-20,22-23H,2-13H2,1H3. The minimum Gasteiger partial charge on any atom is -0.206 e. The van der Waals surface area contributed by atoms with Gasteiger partial charge in [-0.25, -0.2) is 4.39 Å². The van der Waals surface area contributed by atoms with E-state index in [1.165, 1.54) is 70.6 Å². The summed E-state index contributed by atoms with van der Waals surface area (Å²) in [6, 6.07) is 13.2. The number of hydrogen-bond donors (Lipinski definition) is 0. The quantitative estimate of drug-likeness (QED) is 0.194. The van der Waals surface area contributed by atoms with Crippen LogP contribution in [0.25, 0.3) is 11.1 Å². The molecule has 0 bridgehead atoms. The van der Waals surface area contributed by atoms with E-state index >= 15 is 0 Å². The predicted octanol–water partition coefficient (Wildman–Crippen LogP) is 9.33. The van der Waals surface area contributed by atoms with Crippen molar-refractivity contribution in [1.82, 2.24) is 0 Å². The van der Waals surface area contributed by atoms with Crippen LogP contribution in [0.3, 0.4) is 0 Å². The molecule has 0 aliphatic heterocycles. The van der Waals surface area contributed by atoms with Gasteiger partial charge in [-0.1, -0.05) is 95.4 Å². The molecule has 0 aromatic heterocycles. The fourth-order valence-corrected chi connectivity index (χ4v) is 5.04. The molecule has 1 aliphatic rings. The van der Waals surface area contributed by atoms with Crippen LogP contribution in [0.15, 0.2) is 47.5 Å². The van der Waals surface area contributed by atoms with Gasteiger partial charge in [-0.3, -0.25) is 0 Å². The highest BCUT2D eigenvalue weighted by Crippen LogP contribution is 2.34. The summed E-state index contributed by atoms with van der Waals surface area (Å²) in [6.07, 6.45) is 16.1. The van der Waals surface area contributed by atoms with Gasteiger partial charge in [-0.2, -0.15) is 4.99 Å². The molecule has 3 heteroatoms. The van der Waals surface area contributed by atoms with Crippen molar-refractivity contribution in [3.63, 3.8) is 0 Å². The first kappa shape index (κ1) is 23.8. The van der Waals surface area contributed by atoms with E-state index < -0.39 is 0 Å². The van der Waals surface area contributed by atoms with Gasteiger partial charge in [0.1, 0.15) is 5.82 Å². The average Bonchev–Trinajstić information content (AvgIpc) is 2.79. The van der Waals surface area contributed by atoms with Crippen molar-refractivity contribution in [3.8, 4) is 11.1 Å². The summed E-state index contributed by atoms with van der Waals surface area (Å²) in [6.45, 7) is 2.28. The van der Waals surface area contributed by atoms with Crippen molar-refractivity contribution in [2.75, 3.05) is 0 Å². The zero-order valence-corrected chi connectivity index (χ0v) is 19.7. The minimum absolute atomic E-state index is 0.143. The highest BCUT2D eigenvalue weighted by atomic mass is 32.1. The van der Waals surface area contributed by atoms with Crippen molar-refractivity contribution in [2.24, 2.45) is 16.8 Å². The number of aliphatic imine (C=N–C) groups is 1. The Morgan fingerprint density at radius 1 is 0.903 bits per heavy atom. The molecule has 0 unspecified atom stereocenters. The Kier molecular flexibility index (Phi) is 9.90. The second-order valence-electron chi connectivity index (χ2n) is 9.19. The largest absolute Gasteiger partial charge is 0.206 e. The Balaban J connectivity index is 1.43. The first-order valence-corrected chi connectivity index (χ1v) is 12.6. The van der Waals surface area contributed by atoms with Crippen molar-refractivity contribution >= 4 is 23.1 Å². The topological polar surface area (TPSA) is 12.4 Å². The van der Waals surface area contributed by atoms with Gasteiger partial charge < -0.3 is 0 Å². The number of benzene rings is 2. The van der Waals surface area contributed by atoms with Crippen molar-refractivity contribution in [1.29, 1.82) is 0 Å². The van der Waals surface area contributed by atoms with Crippen LogP contribution < -0.4 is 0 Å². The van der Waals surface area contributed by atoms with E-state index in [4.69, 9.17) is 0 Å². The van der Waals surface area contributed by atoms with Crippen molar-refractivity contribution < 1.29 is 4.39 Å². The van der Waals surface area contributed by atoms with Crippen molar-refractivity contribution in [2.45, 2.75) is 84.0 Å². The van der Waals surface area contributed by atoms with Crippen LogP contribution in [0.4, 0.5) is 10.1 Å². The fourth-order valence-electron chi connectivity index (χ4n) is 4.93. The summed E-state index contributed by atoms with van der Waals surface area (Å²) < 4.78 is 14.7. The molecular weight excluding hydrogens is 401 g/mol. The number of aryl methyl sites for hydroxylation is 1. The van der Waals surface area contributed by atoms with Crippen LogP contribution in [0.5, 0.6) is 0 Å². The minimum atomic E-state index is -0.143. The van der Waals surface area contributed by atoms with Gasteiger partial charge in [0.25, 0.3) is 0 Å². The maximum Gasteiger partial charge on any atom is 0.131 e. The molecule has 0 spiro atoms. The molecule has 31 heavy (non-hydrogen) atoms. The molecule has 0 atom stereocenters. The van der Waals surface area contributed by atoms with Crippen LogP contribution >= 0.6 is 12.2 Å². The zero-order chi connectivity index (χ0) is 21.9. The summed E-state index contributed by atoms with van der Waals surface area (Å²) in [7, 11) is 0. The van der Waals surface area contributed by atoms with Crippen molar-refractivity contribution in [3.05, 3.63) is 53.8 Å². The molecule has 1 fully saturated rings. The van der Waals surface area contributed by atoms with Gasteiger partial charge in [-0.05, 0) is 66.2 Å². The summed E-state index contributed by atoms with van der Waals surface area (Å²) in [4.78, 5) is 3.95. The van der Waals surface area contributed by atoms with E-state index in [0.717, 1.165) is 35.1 Å². The van der Waals surface area contributed by atoms with Gasteiger partial charge in [0.05, 0.1) is 10.8 Å². The fraction of sp³-hybridized carbons (Fsp3) is 0.536. The molecule has 0 saturated heterocycles. The third kappa shape index (κ3) is 7.66. The summed E-state index contributed by atoms with van der Waals surface area (Å²) >= 11 is 4.63. The second-order valence-corrected chi connectivity index (χ2v) is 9.38. The van der Waals surface area contributed by atoms with E-state index in [1.807, 2.05) is 30.3 Å².